The maximum Gasteiger partial charge on any atom is 0.283 e. The number of amidine groups is 2. The molecular weight excluding hydrogens is 416 g/mol. The van der Waals surface area contributed by atoms with Gasteiger partial charge in [-0.15, -0.1) is 11.3 Å². The fourth-order valence-electron chi connectivity index (χ4n) is 2.56. The van der Waals surface area contributed by atoms with Crippen LogP contribution in [0.25, 0.3) is 6.08 Å². The van der Waals surface area contributed by atoms with Gasteiger partial charge >= 0.3 is 0 Å². The van der Waals surface area contributed by atoms with Crippen LogP contribution in [0.15, 0.2) is 64.0 Å². The van der Waals surface area contributed by atoms with Crippen molar-refractivity contribution in [1.29, 1.82) is 5.41 Å². The van der Waals surface area contributed by atoms with Crippen LogP contribution in [0.2, 0.25) is 5.02 Å². The van der Waals surface area contributed by atoms with E-state index in [-0.39, 0.29) is 11.4 Å². The average molecular weight is 429 g/mol. The molecule has 0 radical (unpaired) electrons. The smallest absolute Gasteiger partial charge is 0.283 e. The Hall–Kier alpha value is -2.68. The minimum absolute atomic E-state index is 0.0382. The summed E-state index contributed by atoms with van der Waals surface area (Å²) in [6, 6.07) is 8.94. The predicted octanol–water partition coefficient (Wildman–Crippen LogP) is 4.63. The molecule has 0 atom stereocenters. The fraction of sp³-hybridized carbons (Fsp3) is 0.0526. The third-order valence-corrected chi connectivity index (χ3v) is 6.00. The minimum atomic E-state index is -0.499. The zero-order valence-corrected chi connectivity index (χ0v) is 16.8. The maximum atomic E-state index is 12.6. The number of nitrogens with one attached hydrogen (secondary N) is 1. The van der Waals surface area contributed by atoms with Gasteiger partial charge in [-0.25, -0.2) is 0 Å². The Bertz CT molecular complexity index is 1070. The molecule has 2 aliphatic heterocycles. The van der Waals surface area contributed by atoms with Crippen molar-refractivity contribution in [2.75, 3.05) is 6.61 Å². The van der Waals surface area contributed by atoms with E-state index in [9.17, 15) is 4.79 Å². The van der Waals surface area contributed by atoms with Gasteiger partial charge in [-0.2, -0.15) is 15.1 Å². The number of carbonyl (C=O) groups excluding carboxylic acids is 1. The lowest BCUT2D eigenvalue weighted by molar-refractivity contribution is -0.114. The standard InChI is InChI=1S/C19H13ClN4O2S2/c1-2-7-26-14-6-5-12(20)9-11(14)10-13-16(21)24-19(22-17(13)25)28-18(23-24)15-4-3-8-27-15/h2-6,8-10,21H,1,7H2/b13-10-,21-16?. The van der Waals surface area contributed by atoms with Crippen LogP contribution >= 0.6 is 34.7 Å². The van der Waals surface area contributed by atoms with Crippen LogP contribution in [-0.2, 0) is 4.79 Å². The molecule has 140 valence electrons. The highest BCUT2D eigenvalue weighted by molar-refractivity contribution is 8.27. The van der Waals surface area contributed by atoms with Crippen molar-refractivity contribution < 1.29 is 9.53 Å². The molecular formula is C19H13ClN4O2S2. The lowest BCUT2D eigenvalue weighted by atomic mass is 10.1. The van der Waals surface area contributed by atoms with Gasteiger partial charge in [0.2, 0.25) is 5.17 Å². The van der Waals surface area contributed by atoms with Crippen LogP contribution in [0.3, 0.4) is 0 Å². The summed E-state index contributed by atoms with van der Waals surface area (Å²) in [5.41, 5.74) is 0.696. The maximum absolute atomic E-state index is 12.6. The van der Waals surface area contributed by atoms with Crippen molar-refractivity contribution >= 4 is 62.7 Å². The first kappa shape index (κ1) is 18.7. The van der Waals surface area contributed by atoms with E-state index in [0.29, 0.717) is 33.2 Å². The Balaban J connectivity index is 1.71. The Labute approximate surface area is 174 Å². The van der Waals surface area contributed by atoms with Crippen LogP contribution in [-0.4, -0.2) is 33.6 Å². The Morgan fingerprint density at radius 1 is 1.36 bits per heavy atom. The van der Waals surface area contributed by atoms with Crippen LogP contribution < -0.4 is 4.74 Å². The van der Waals surface area contributed by atoms with Gasteiger partial charge in [0.15, 0.2) is 5.84 Å². The summed E-state index contributed by atoms with van der Waals surface area (Å²) in [7, 11) is 0. The molecule has 9 heteroatoms. The predicted molar refractivity (Wildman–Crippen MR) is 116 cm³/mol. The molecule has 0 saturated heterocycles. The number of nitrogens with zero attached hydrogens (tertiary/aromatic N) is 3. The number of thiophene rings is 1. The number of halogens is 1. The molecule has 1 aromatic carbocycles. The molecule has 2 aromatic rings. The molecule has 0 unspecified atom stereocenters. The van der Waals surface area contributed by atoms with E-state index < -0.39 is 5.91 Å². The quantitative estimate of drug-likeness (QED) is 0.556. The molecule has 1 N–H and O–H groups in total. The molecule has 0 saturated carbocycles. The summed E-state index contributed by atoms with van der Waals surface area (Å²) in [6.07, 6.45) is 3.18. The number of rotatable bonds is 5. The zero-order valence-electron chi connectivity index (χ0n) is 14.4. The second-order valence-electron chi connectivity index (χ2n) is 5.68. The molecule has 1 aromatic heterocycles. The van der Waals surface area contributed by atoms with Gasteiger partial charge in [-0.05, 0) is 47.5 Å². The highest BCUT2D eigenvalue weighted by atomic mass is 35.5. The van der Waals surface area contributed by atoms with Crippen LogP contribution in [0.4, 0.5) is 0 Å². The first-order valence-electron chi connectivity index (χ1n) is 8.14. The molecule has 4 rings (SSSR count). The van der Waals surface area contributed by atoms with Gasteiger partial charge in [0.1, 0.15) is 17.4 Å². The van der Waals surface area contributed by atoms with Gasteiger partial charge in [-0.3, -0.25) is 10.2 Å². The van der Waals surface area contributed by atoms with E-state index >= 15 is 0 Å². The van der Waals surface area contributed by atoms with E-state index in [0.717, 1.165) is 4.88 Å². The van der Waals surface area contributed by atoms with Crippen molar-refractivity contribution in [3.63, 3.8) is 0 Å². The van der Waals surface area contributed by atoms with Gasteiger partial charge in [0, 0.05) is 10.6 Å². The number of hydrogen-bond acceptors (Lipinski definition) is 6. The summed E-state index contributed by atoms with van der Waals surface area (Å²) in [6.45, 7) is 3.94. The molecule has 0 fully saturated rings. The lowest BCUT2D eigenvalue weighted by Crippen LogP contribution is -2.35. The number of thioether (sulfide) groups is 1. The van der Waals surface area contributed by atoms with E-state index in [1.165, 1.54) is 28.1 Å². The average Bonchev–Trinajstić information content (AvgIpc) is 3.34. The minimum Gasteiger partial charge on any atom is -0.489 e. The summed E-state index contributed by atoms with van der Waals surface area (Å²) in [5.74, 6) is -0.00419. The fourth-order valence-corrected chi connectivity index (χ4v) is 4.42. The van der Waals surface area contributed by atoms with Gasteiger partial charge < -0.3 is 4.74 Å². The number of amides is 1. The summed E-state index contributed by atoms with van der Waals surface area (Å²) in [4.78, 5) is 17.6. The summed E-state index contributed by atoms with van der Waals surface area (Å²) >= 11 is 8.92. The molecule has 6 nitrogen and oxygen atoms in total. The SMILES string of the molecule is C=CCOc1ccc(Cl)cc1/C=C1/C(=N)N2N=C(c3cccs3)SC2=NC1=O. The lowest BCUT2D eigenvalue weighted by Gasteiger charge is -2.20. The number of carbonyl (C=O) groups is 1. The molecule has 2 aliphatic rings. The number of fused-ring (bicyclic) bond motifs is 1. The van der Waals surface area contributed by atoms with E-state index in [1.807, 2.05) is 17.5 Å². The molecule has 28 heavy (non-hydrogen) atoms. The van der Waals surface area contributed by atoms with Gasteiger partial charge in [0.05, 0.1) is 10.5 Å². The van der Waals surface area contributed by atoms with Crippen molar-refractivity contribution in [1.82, 2.24) is 5.01 Å². The zero-order chi connectivity index (χ0) is 19.7. The molecule has 3 heterocycles. The highest BCUT2D eigenvalue weighted by Crippen LogP contribution is 2.33. The third-order valence-electron chi connectivity index (χ3n) is 3.81. The first-order valence-corrected chi connectivity index (χ1v) is 10.2. The Kier molecular flexibility index (Phi) is 5.17. The van der Waals surface area contributed by atoms with E-state index in [4.69, 9.17) is 21.7 Å². The second kappa shape index (κ2) is 7.75. The largest absolute Gasteiger partial charge is 0.489 e. The van der Waals surface area contributed by atoms with Gasteiger partial charge in [-0.1, -0.05) is 30.3 Å². The van der Waals surface area contributed by atoms with Crippen molar-refractivity contribution in [2.24, 2.45) is 10.1 Å². The molecule has 0 bridgehead atoms. The van der Waals surface area contributed by atoms with Crippen molar-refractivity contribution in [3.05, 3.63) is 69.4 Å². The van der Waals surface area contributed by atoms with Crippen LogP contribution in [0.1, 0.15) is 10.4 Å². The summed E-state index contributed by atoms with van der Waals surface area (Å²) < 4.78 is 5.62. The monoisotopic (exact) mass is 428 g/mol. The van der Waals surface area contributed by atoms with Crippen molar-refractivity contribution in [2.45, 2.75) is 0 Å². The number of benzene rings is 1. The topological polar surface area (TPSA) is 78.1 Å². The molecule has 0 spiro atoms. The molecule has 0 aliphatic carbocycles. The second-order valence-corrected chi connectivity index (χ2v) is 8.02. The summed E-state index contributed by atoms with van der Waals surface area (Å²) in [5, 5.41) is 17.8. The van der Waals surface area contributed by atoms with Crippen LogP contribution in [0.5, 0.6) is 5.75 Å². The van der Waals surface area contributed by atoms with Crippen molar-refractivity contribution in [3.8, 4) is 5.75 Å². The number of aliphatic imine (C=N–C) groups is 1. The number of ether oxygens (including phenoxy) is 1. The normalized spacial score (nSPS) is 17.5. The van der Waals surface area contributed by atoms with Crippen LogP contribution in [0, 0.1) is 5.41 Å². The van der Waals surface area contributed by atoms with E-state index in [1.54, 1.807) is 30.4 Å². The number of hydrogen-bond donors (Lipinski definition) is 1. The van der Waals surface area contributed by atoms with Gasteiger partial charge in [0.25, 0.3) is 5.91 Å². The highest BCUT2D eigenvalue weighted by Gasteiger charge is 2.36. The first-order chi connectivity index (χ1) is 13.6. The third kappa shape index (κ3) is 3.54. The Morgan fingerprint density at radius 3 is 2.96 bits per heavy atom. The Morgan fingerprint density at radius 2 is 2.21 bits per heavy atom. The van der Waals surface area contributed by atoms with E-state index in [2.05, 4.69) is 16.7 Å². The molecule has 1 amide bonds. The number of hydrazone groups is 1.